The molecule has 0 aromatic heterocycles. The zero-order chi connectivity index (χ0) is 14.8. The highest BCUT2D eigenvalue weighted by Gasteiger charge is 2.35. The Balaban J connectivity index is 1.97. The third kappa shape index (κ3) is 2.67. The van der Waals surface area contributed by atoms with Crippen LogP contribution in [0.5, 0.6) is 5.75 Å². The summed E-state index contributed by atoms with van der Waals surface area (Å²) < 4.78 is 10.4. The number of nitrogens with zero attached hydrogens (tertiary/aromatic N) is 1. The molecule has 0 bridgehead atoms. The maximum Gasteiger partial charge on any atom is 0.415 e. The highest BCUT2D eigenvalue weighted by Crippen LogP contribution is 2.34. The molecule has 0 saturated carbocycles. The van der Waals surface area contributed by atoms with Crippen LogP contribution >= 0.6 is 11.6 Å². The van der Waals surface area contributed by atoms with Gasteiger partial charge in [0.2, 0.25) is 0 Å². The molecule has 0 unspecified atom stereocenters. The lowest BCUT2D eigenvalue weighted by molar-refractivity contribution is 0.179. The van der Waals surface area contributed by atoms with Crippen molar-refractivity contribution in [3.63, 3.8) is 0 Å². The number of carbonyl (C=O) groups excluding carboxylic acids is 1. The number of rotatable bonds is 3. The molecule has 1 saturated heterocycles. The first-order chi connectivity index (χ1) is 10.2. The van der Waals surface area contributed by atoms with Crippen molar-refractivity contribution in [1.29, 1.82) is 0 Å². The molecule has 1 amide bonds. The summed E-state index contributed by atoms with van der Waals surface area (Å²) in [4.78, 5) is 13.7. The van der Waals surface area contributed by atoms with E-state index < -0.39 is 0 Å². The number of hydrogen-bond donors (Lipinski definition) is 0. The average Bonchev–Trinajstić information content (AvgIpc) is 2.90. The molecule has 4 nitrogen and oxygen atoms in total. The third-order valence-corrected chi connectivity index (χ3v) is 3.71. The van der Waals surface area contributed by atoms with Crippen LogP contribution in [0.3, 0.4) is 0 Å². The molecule has 1 aliphatic rings. The van der Waals surface area contributed by atoms with Gasteiger partial charge in [0, 0.05) is 10.7 Å². The molecular formula is C16H14ClNO3. The number of ether oxygens (including phenoxy) is 2. The number of halogens is 1. The van der Waals surface area contributed by atoms with E-state index in [-0.39, 0.29) is 12.1 Å². The van der Waals surface area contributed by atoms with Crippen LogP contribution in [-0.2, 0) is 4.74 Å². The summed E-state index contributed by atoms with van der Waals surface area (Å²) in [5, 5.41) is 0.629. The lowest BCUT2D eigenvalue weighted by Crippen LogP contribution is -2.27. The maximum absolute atomic E-state index is 12.0. The number of amides is 1. The van der Waals surface area contributed by atoms with E-state index in [1.54, 1.807) is 24.1 Å². The molecule has 1 fully saturated rings. The van der Waals surface area contributed by atoms with Crippen molar-refractivity contribution in [3.8, 4) is 5.75 Å². The van der Waals surface area contributed by atoms with E-state index in [1.807, 2.05) is 36.4 Å². The molecule has 2 aromatic rings. The Bertz CT molecular complexity index is 657. The Morgan fingerprint density at radius 2 is 2.00 bits per heavy atom. The Kier molecular flexibility index (Phi) is 3.71. The van der Waals surface area contributed by atoms with Gasteiger partial charge in [-0.05, 0) is 42.0 Å². The molecule has 3 rings (SSSR count). The van der Waals surface area contributed by atoms with Crippen molar-refractivity contribution in [3.05, 3.63) is 59.1 Å². The maximum atomic E-state index is 12.0. The first kappa shape index (κ1) is 13.8. The van der Waals surface area contributed by atoms with Crippen molar-refractivity contribution < 1.29 is 14.3 Å². The van der Waals surface area contributed by atoms with Crippen LogP contribution in [0.2, 0.25) is 5.02 Å². The minimum absolute atomic E-state index is 0.172. The zero-order valence-electron chi connectivity index (χ0n) is 11.5. The number of anilines is 1. The number of cyclic esters (lactones) is 1. The Hall–Kier alpha value is -2.20. The second kappa shape index (κ2) is 5.66. The molecule has 2 aromatic carbocycles. The third-order valence-electron chi connectivity index (χ3n) is 3.46. The van der Waals surface area contributed by atoms with Crippen molar-refractivity contribution in [2.45, 2.75) is 6.04 Å². The molecule has 1 heterocycles. The van der Waals surface area contributed by atoms with Crippen LogP contribution in [0.25, 0.3) is 0 Å². The average molecular weight is 304 g/mol. The fourth-order valence-electron chi connectivity index (χ4n) is 2.40. The van der Waals surface area contributed by atoms with E-state index in [0.717, 1.165) is 17.0 Å². The molecule has 0 radical (unpaired) electrons. The quantitative estimate of drug-likeness (QED) is 0.858. The number of benzene rings is 2. The summed E-state index contributed by atoms with van der Waals surface area (Å²) in [6.07, 6.45) is -0.356. The van der Waals surface area contributed by atoms with E-state index in [9.17, 15) is 4.79 Å². The number of carbonyl (C=O) groups is 1. The van der Waals surface area contributed by atoms with Crippen LogP contribution in [-0.4, -0.2) is 19.8 Å². The summed E-state index contributed by atoms with van der Waals surface area (Å²) in [6.45, 7) is 0.314. The molecule has 0 spiro atoms. The van der Waals surface area contributed by atoms with Gasteiger partial charge in [-0.2, -0.15) is 0 Å². The van der Waals surface area contributed by atoms with Gasteiger partial charge in [-0.1, -0.05) is 23.7 Å². The Morgan fingerprint density at radius 3 is 2.71 bits per heavy atom. The van der Waals surface area contributed by atoms with Gasteiger partial charge in [-0.25, -0.2) is 4.79 Å². The summed E-state index contributed by atoms with van der Waals surface area (Å²) >= 11 is 5.90. The standard InChI is InChI=1S/C16H14ClNO3/c1-20-14-4-2-3-11(9-14)15-10-21-16(19)18(15)13-7-5-12(17)6-8-13/h2-9,15H,10H2,1H3/t15-/m1/s1. The summed E-state index contributed by atoms with van der Waals surface area (Å²) in [5.74, 6) is 0.753. The van der Waals surface area contributed by atoms with Crippen LogP contribution in [0.1, 0.15) is 11.6 Å². The van der Waals surface area contributed by atoms with Gasteiger partial charge in [0.1, 0.15) is 12.4 Å². The summed E-state index contributed by atoms with van der Waals surface area (Å²) in [6, 6.07) is 14.6. The monoisotopic (exact) mass is 303 g/mol. The number of hydrogen-bond acceptors (Lipinski definition) is 3. The molecule has 0 N–H and O–H groups in total. The minimum Gasteiger partial charge on any atom is -0.497 e. The van der Waals surface area contributed by atoms with Crippen molar-refractivity contribution >= 4 is 23.4 Å². The van der Waals surface area contributed by atoms with Crippen LogP contribution in [0.15, 0.2) is 48.5 Å². The lowest BCUT2D eigenvalue weighted by Gasteiger charge is -2.22. The van der Waals surface area contributed by atoms with Crippen molar-refractivity contribution in [2.24, 2.45) is 0 Å². The normalized spacial score (nSPS) is 17.7. The second-order valence-corrected chi connectivity index (χ2v) is 5.15. The molecule has 5 heteroatoms. The fourth-order valence-corrected chi connectivity index (χ4v) is 2.53. The topological polar surface area (TPSA) is 38.8 Å². The fraction of sp³-hybridized carbons (Fsp3) is 0.188. The van der Waals surface area contributed by atoms with E-state index in [1.165, 1.54) is 0 Å². The predicted octanol–water partition coefficient (Wildman–Crippen LogP) is 4.05. The molecule has 108 valence electrons. The van der Waals surface area contributed by atoms with Crippen LogP contribution in [0, 0.1) is 0 Å². The van der Waals surface area contributed by atoms with Crippen molar-refractivity contribution in [2.75, 3.05) is 18.6 Å². The van der Waals surface area contributed by atoms with Gasteiger partial charge in [0.05, 0.1) is 13.2 Å². The smallest absolute Gasteiger partial charge is 0.415 e. The van der Waals surface area contributed by atoms with Crippen LogP contribution in [0.4, 0.5) is 10.5 Å². The van der Waals surface area contributed by atoms with Gasteiger partial charge in [-0.15, -0.1) is 0 Å². The largest absolute Gasteiger partial charge is 0.497 e. The van der Waals surface area contributed by atoms with Gasteiger partial charge in [0.25, 0.3) is 0 Å². The van der Waals surface area contributed by atoms with Gasteiger partial charge >= 0.3 is 6.09 Å². The molecule has 1 atom stereocenters. The van der Waals surface area contributed by atoms with E-state index in [2.05, 4.69) is 0 Å². The van der Waals surface area contributed by atoms with Gasteiger partial charge < -0.3 is 9.47 Å². The molecule has 0 aliphatic carbocycles. The number of methoxy groups -OCH3 is 1. The van der Waals surface area contributed by atoms with E-state index in [4.69, 9.17) is 21.1 Å². The van der Waals surface area contributed by atoms with E-state index >= 15 is 0 Å². The first-order valence-corrected chi connectivity index (χ1v) is 6.92. The lowest BCUT2D eigenvalue weighted by atomic mass is 10.1. The van der Waals surface area contributed by atoms with Gasteiger partial charge in [-0.3, -0.25) is 4.90 Å². The second-order valence-electron chi connectivity index (χ2n) is 4.72. The minimum atomic E-state index is -0.356. The highest BCUT2D eigenvalue weighted by molar-refractivity contribution is 6.30. The molecule has 1 aliphatic heterocycles. The van der Waals surface area contributed by atoms with Crippen molar-refractivity contribution in [1.82, 2.24) is 0 Å². The Morgan fingerprint density at radius 1 is 1.24 bits per heavy atom. The molecular weight excluding hydrogens is 290 g/mol. The highest BCUT2D eigenvalue weighted by atomic mass is 35.5. The van der Waals surface area contributed by atoms with Crippen LogP contribution < -0.4 is 9.64 Å². The first-order valence-electron chi connectivity index (χ1n) is 6.54. The SMILES string of the molecule is COc1cccc([C@H]2COC(=O)N2c2ccc(Cl)cc2)c1. The predicted molar refractivity (Wildman–Crippen MR) is 81.0 cm³/mol. The zero-order valence-corrected chi connectivity index (χ0v) is 12.2. The summed E-state index contributed by atoms with van der Waals surface area (Å²) in [5.41, 5.74) is 1.73. The Labute approximate surface area is 127 Å². The summed E-state index contributed by atoms with van der Waals surface area (Å²) in [7, 11) is 1.62. The molecule has 21 heavy (non-hydrogen) atoms. The van der Waals surface area contributed by atoms with E-state index in [0.29, 0.717) is 11.6 Å². The van der Waals surface area contributed by atoms with Gasteiger partial charge in [0.15, 0.2) is 0 Å².